The van der Waals surface area contributed by atoms with Crippen LogP contribution in [0.15, 0.2) is 33.8 Å². The van der Waals surface area contributed by atoms with Gasteiger partial charge in [0.25, 0.3) is 5.91 Å². The number of hydrogen-bond donors (Lipinski definition) is 0. The Morgan fingerprint density at radius 2 is 2.18 bits per heavy atom. The second kappa shape index (κ2) is 4.67. The molecule has 1 fully saturated rings. The molecule has 0 atom stereocenters. The summed E-state index contributed by atoms with van der Waals surface area (Å²) in [7, 11) is 1.44. The first-order valence-corrected chi connectivity index (χ1v) is 5.75. The molecule has 0 bridgehead atoms. The number of nitrogens with zero attached hydrogens (tertiary/aromatic N) is 3. The highest BCUT2D eigenvalue weighted by molar-refractivity contribution is 9.10. The van der Waals surface area contributed by atoms with Gasteiger partial charge in [-0.1, -0.05) is 28.1 Å². The largest absolute Gasteiger partial charge is 0.347 e. The maximum Gasteiger partial charge on any atom is 0.347 e. The summed E-state index contributed by atoms with van der Waals surface area (Å²) >= 11 is 3.34. The fourth-order valence-corrected chi connectivity index (χ4v) is 1.81. The lowest BCUT2D eigenvalue weighted by Crippen LogP contribution is -2.26. The number of likely N-dealkylation sites (N-methyl/N-ethyl adjacent to an activating group) is 1. The average molecular weight is 296 g/mol. The van der Waals surface area contributed by atoms with Crippen molar-refractivity contribution in [1.82, 2.24) is 9.91 Å². The molecule has 0 aromatic heterocycles. The van der Waals surface area contributed by atoms with Crippen LogP contribution in [0.1, 0.15) is 5.56 Å². The number of carbonyl (C=O) groups excluding carboxylic acids is 2. The Morgan fingerprint density at radius 3 is 2.76 bits per heavy atom. The number of urea groups is 1. The molecule has 1 aliphatic rings. The molecule has 5 nitrogen and oxygen atoms in total. The zero-order valence-electron chi connectivity index (χ0n) is 9.13. The molecule has 1 aliphatic heterocycles. The second-order valence-electron chi connectivity index (χ2n) is 3.59. The Labute approximate surface area is 107 Å². The van der Waals surface area contributed by atoms with Gasteiger partial charge in [-0.25, -0.2) is 9.80 Å². The van der Waals surface area contributed by atoms with Gasteiger partial charge in [0.2, 0.25) is 0 Å². The number of hydrazone groups is 1. The minimum absolute atomic E-state index is 0.000162. The molecule has 0 saturated carbocycles. The molecule has 1 aromatic carbocycles. The van der Waals surface area contributed by atoms with Crippen LogP contribution in [0.25, 0.3) is 0 Å². The number of rotatable bonds is 2. The number of benzene rings is 1. The fourth-order valence-electron chi connectivity index (χ4n) is 1.40. The molecule has 0 N–H and O–H groups in total. The van der Waals surface area contributed by atoms with E-state index in [0.29, 0.717) is 0 Å². The van der Waals surface area contributed by atoms with Crippen molar-refractivity contribution in [2.45, 2.75) is 0 Å². The minimum atomic E-state index is -0.402. The van der Waals surface area contributed by atoms with Crippen molar-refractivity contribution in [3.8, 4) is 0 Å². The predicted molar refractivity (Wildman–Crippen MR) is 66.6 cm³/mol. The third kappa shape index (κ3) is 2.52. The van der Waals surface area contributed by atoms with Gasteiger partial charge < -0.3 is 0 Å². The van der Waals surface area contributed by atoms with Crippen LogP contribution in [-0.4, -0.2) is 41.7 Å². The second-order valence-corrected chi connectivity index (χ2v) is 4.51. The van der Waals surface area contributed by atoms with Gasteiger partial charge >= 0.3 is 6.03 Å². The molecule has 88 valence electrons. The molecule has 1 aromatic rings. The summed E-state index contributed by atoms with van der Waals surface area (Å²) in [5.41, 5.74) is 0.856. The first kappa shape index (κ1) is 11.8. The lowest BCUT2D eigenvalue weighted by atomic mass is 10.2. The lowest BCUT2D eigenvalue weighted by Gasteiger charge is -2.07. The lowest BCUT2D eigenvalue weighted by molar-refractivity contribution is -0.124. The number of hydrogen-bond acceptors (Lipinski definition) is 3. The highest BCUT2D eigenvalue weighted by Crippen LogP contribution is 2.11. The Bertz CT molecular complexity index is 501. The van der Waals surface area contributed by atoms with Crippen molar-refractivity contribution in [2.24, 2.45) is 5.10 Å². The van der Waals surface area contributed by atoms with Crippen LogP contribution in [0.4, 0.5) is 4.79 Å². The molecule has 1 saturated heterocycles. The minimum Gasteiger partial charge on any atom is -0.272 e. The smallest absolute Gasteiger partial charge is 0.272 e. The SMILES string of the molecule is CN1C(=O)CN(/N=C/c2cccc(Br)c2)C1=O. The van der Waals surface area contributed by atoms with Crippen molar-refractivity contribution in [3.63, 3.8) is 0 Å². The van der Waals surface area contributed by atoms with Crippen LogP contribution in [0.3, 0.4) is 0 Å². The van der Waals surface area contributed by atoms with E-state index in [1.54, 1.807) is 6.21 Å². The summed E-state index contributed by atoms with van der Waals surface area (Å²) in [5, 5.41) is 5.13. The van der Waals surface area contributed by atoms with E-state index in [4.69, 9.17) is 0 Å². The van der Waals surface area contributed by atoms with E-state index in [0.717, 1.165) is 19.9 Å². The molecule has 0 unspecified atom stereocenters. The maximum atomic E-state index is 11.5. The van der Waals surface area contributed by atoms with Crippen LogP contribution >= 0.6 is 15.9 Å². The molecular weight excluding hydrogens is 286 g/mol. The molecule has 2 rings (SSSR count). The van der Waals surface area contributed by atoms with Crippen LogP contribution in [0.2, 0.25) is 0 Å². The Kier molecular flexibility index (Phi) is 3.23. The maximum absolute atomic E-state index is 11.5. The van der Waals surface area contributed by atoms with E-state index in [-0.39, 0.29) is 12.5 Å². The summed E-state index contributed by atoms with van der Waals surface area (Å²) in [5.74, 6) is -0.249. The van der Waals surface area contributed by atoms with Crippen molar-refractivity contribution < 1.29 is 9.59 Å². The van der Waals surface area contributed by atoms with E-state index in [9.17, 15) is 9.59 Å². The van der Waals surface area contributed by atoms with Crippen LogP contribution < -0.4 is 0 Å². The molecule has 6 heteroatoms. The number of halogens is 1. The van der Waals surface area contributed by atoms with E-state index in [2.05, 4.69) is 21.0 Å². The van der Waals surface area contributed by atoms with Gasteiger partial charge in [0.15, 0.2) is 0 Å². The predicted octanol–water partition coefficient (Wildman–Crippen LogP) is 1.68. The molecule has 3 amide bonds. The Hall–Kier alpha value is -1.69. The highest BCUT2D eigenvalue weighted by atomic mass is 79.9. The normalized spacial score (nSPS) is 16.4. The first-order valence-electron chi connectivity index (χ1n) is 4.95. The van der Waals surface area contributed by atoms with Gasteiger partial charge in [-0.05, 0) is 17.7 Å². The number of amides is 3. The third-order valence-corrected chi connectivity index (χ3v) is 2.85. The number of imide groups is 1. The highest BCUT2D eigenvalue weighted by Gasteiger charge is 2.32. The van der Waals surface area contributed by atoms with Crippen molar-refractivity contribution in [2.75, 3.05) is 13.6 Å². The van der Waals surface area contributed by atoms with Gasteiger partial charge in [0, 0.05) is 11.5 Å². The zero-order valence-corrected chi connectivity index (χ0v) is 10.7. The summed E-state index contributed by atoms with van der Waals surface area (Å²) < 4.78 is 0.933. The molecule has 17 heavy (non-hydrogen) atoms. The third-order valence-electron chi connectivity index (χ3n) is 2.36. The van der Waals surface area contributed by atoms with Gasteiger partial charge in [-0.2, -0.15) is 5.10 Å². The summed E-state index contributed by atoms with van der Waals surface area (Å²) in [4.78, 5) is 23.8. The zero-order chi connectivity index (χ0) is 12.4. The molecule has 0 spiro atoms. The van der Waals surface area contributed by atoms with Crippen molar-refractivity contribution >= 4 is 34.1 Å². The molecular formula is C11H10BrN3O2. The van der Waals surface area contributed by atoms with Gasteiger partial charge in [-0.3, -0.25) is 9.69 Å². The summed E-state index contributed by atoms with van der Waals surface area (Å²) in [6, 6.07) is 7.10. The van der Waals surface area contributed by atoms with Crippen LogP contribution in [-0.2, 0) is 4.79 Å². The number of carbonyl (C=O) groups is 2. The molecule has 0 aliphatic carbocycles. The van der Waals surface area contributed by atoms with Gasteiger partial charge in [0.1, 0.15) is 6.54 Å². The average Bonchev–Trinajstić information content (AvgIpc) is 2.54. The van der Waals surface area contributed by atoms with Crippen molar-refractivity contribution in [3.05, 3.63) is 34.3 Å². The standard InChI is InChI=1S/C11H10BrN3O2/c1-14-10(16)7-15(11(14)17)13-6-8-3-2-4-9(12)5-8/h2-6H,7H2,1H3/b13-6+. The van der Waals surface area contributed by atoms with Crippen LogP contribution in [0, 0.1) is 0 Å². The Morgan fingerprint density at radius 1 is 1.41 bits per heavy atom. The van der Waals surface area contributed by atoms with Gasteiger partial charge in [0.05, 0.1) is 6.21 Å². The van der Waals surface area contributed by atoms with E-state index >= 15 is 0 Å². The Balaban J connectivity index is 2.12. The van der Waals surface area contributed by atoms with Gasteiger partial charge in [-0.15, -0.1) is 0 Å². The molecule has 1 heterocycles. The summed E-state index contributed by atoms with van der Waals surface area (Å²) in [6.45, 7) is -0.000162. The quantitative estimate of drug-likeness (QED) is 0.616. The first-order chi connectivity index (χ1) is 8.08. The topological polar surface area (TPSA) is 53.0 Å². The summed E-state index contributed by atoms with van der Waals surface area (Å²) in [6.07, 6.45) is 1.55. The van der Waals surface area contributed by atoms with Crippen LogP contribution in [0.5, 0.6) is 0 Å². The molecule has 0 radical (unpaired) electrons. The van der Waals surface area contributed by atoms with Crippen molar-refractivity contribution in [1.29, 1.82) is 0 Å². The monoisotopic (exact) mass is 295 g/mol. The van der Waals surface area contributed by atoms with E-state index in [1.807, 2.05) is 24.3 Å². The fraction of sp³-hybridized carbons (Fsp3) is 0.182. The van der Waals surface area contributed by atoms with E-state index < -0.39 is 6.03 Å². The van der Waals surface area contributed by atoms with E-state index in [1.165, 1.54) is 7.05 Å².